The summed E-state index contributed by atoms with van der Waals surface area (Å²) in [6.45, 7) is 11.2. The van der Waals surface area contributed by atoms with Crippen LogP contribution in [0.2, 0.25) is 0 Å². The fourth-order valence-corrected chi connectivity index (χ4v) is 2.56. The standard InChI is InChI=1S/C15H25NO3/c1-6-8-10-11(9-7-2)13(17)16-12(10)14(18)19-15(3,4)5/h7,10-12H,2,6,8-9H2,1,3-5H3,(H,16,17)/t10-,11?,12-/m0/s1. The molecule has 0 aromatic rings. The van der Waals surface area contributed by atoms with Gasteiger partial charge < -0.3 is 10.1 Å². The molecule has 0 saturated carbocycles. The summed E-state index contributed by atoms with van der Waals surface area (Å²) in [6.07, 6.45) is 4.12. The average molecular weight is 267 g/mol. The van der Waals surface area contributed by atoms with Crippen molar-refractivity contribution in [2.75, 3.05) is 0 Å². The molecule has 1 fully saturated rings. The lowest BCUT2D eigenvalue weighted by molar-refractivity contribution is -0.158. The topological polar surface area (TPSA) is 55.4 Å². The molecule has 0 radical (unpaired) electrons. The molecule has 0 bridgehead atoms. The van der Waals surface area contributed by atoms with Crippen molar-refractivity contribution in [1.29, 1.82) is 0 Å². The molecule has 1 aliphatic heterocycles. The lowest BCUT2D eigenvalue weighted by atomic mass is 9.84. The average Bonchev–Trinajstić information content (AvgIpc) is 2.56. The highest BCUT2D eigenvalue weighted by atomic mass is 16.6. The van der Waals surface area contributed by atoms with E-state index >= 15 is 0 Å². The molecule has 108 valence electrons. The van der Waals surface area contributed by atoms with Crippen LogP contribution in [0.4, 0.5) is 0 Å². The minimum atomic E-state index is -0.533. The summed E-state index contributed by atoms with van der Waals surface area (Å²) in [5.41, 5.74) is -0.533. The first-order valence-electron chi connectivity index (χ1n) is 6.94. The van der Waals surface area contributed by atoms with Gasteiger partial charge in [0.1, 0.15) is 11.6 Å². The van der Waals surface area contributed by atoms with Gasteiger partial charge in [0.25, 0.3) is 0 Å². The van der Waals surface area contributed by atoms with Crippen molar-refractivity contribution >= 4 is 11.9 Å². The van der Waals surface area contributed by atoms with Crippen LogP contribution < -0.4 is 5.32 Å². The third kappa shape index (κ3) is 4.08. The van der Waals surface area contributed by atoms with Crippen LogP contribution in [-0.2, 0) is 14.3 Å². The van der Waals surface area contributed by atoms with Crippen LogP contribution >= 0.6 is 0 Å². The number of amides is 1. The maximum absolute atomic E-state index is 12.2. The number of allylic oxidation sites excluding steroid dienone is 1. The molecule has 1 heterocycles. The number of nitrogens with one attached hydrogen (secondary N) is 1. The molecule has 1 rings (SSSR count). The fraction of sp³-hybridized carbons (Fsp3) is 0.733. The Bertz CT molecular complexity index is 357. The lowest BCUT2D eigenvalue weighted by Gasteiger charge is -2.25. The van der Waals surface area contributed by atoms with Crippen molar-refractivity contribution in [2.45, 2.75) is 58.6 Å². The maximum atomic E-state index is 12.2. The summed E-state index contributed by atoms with van der Waals surface area (Å²) in [7, 11) is 0. The van der Waals surface area contributed by atoms with Gasteiger partial charge >= 0.3 is 5.97 Å². The van der Waals surface area contributed by atoms with Crippen LogP contribution in [0.5, 0.6) is 0 Å². The van der Waals surface area contributed by atoms with Gasteiger partial charge in [0, 0.05) is 11.8 Å². The van der Waals surface area contributed by atoms with Crippen LogP contribution in [-0.4, -0.2) is 23.5 Å². The van der Waals surface area contributed by atoms with Crippen molar-refractivity contribution in [2.24, 2.45) is 11.8 Å². The van der Waals surface area contributed by atoms with Crippen molar-refractivity contribution < 1.29 is 14.3 Å². The molecule has 1 unspecified atom stereocenters. The predicted molar refractivity (Wildman–Crippen MR) is 74.5 cm³/mol. The van der Waals surface area contributed by atoms with E-state index in [1.165, 1.54) is 0 Å². The number of ether oxygens (including phenoxy) is 1. The Morgan fingerprint density at radius 3 is 2.58 bits per heavy atom. The van der Waals surface area contributed by atoms with Crippen molar-refractivity contribution in [3.05, 3.63) is 12.7 Å². The predicted octanol–water partition coefficient (Wildman–Crippen LogP) is 2.44. The zero-order chi connectivity index (χ0) is 14.6. The largest absolute Gasteiger partial charge is 0.458 e. The second-order valence-corrected chi connectivity index (χ2v) is 6.10. The van der Waals surface area contributed by atoms with E-state index in [1.807, 2.05) is 20.8 Å². The fourth-order valence-electron chi connectivity index (χ4n) is 2.56. The summed E-state index contributed by atoms with van der Waals surface area (Å²) < 4.78 is 5.39. The van der Waals surface area contributed by atoms with E-state index in [0.29, 0.717) is 6.42 Å². The van der Waals surface area contributed by atoms with E-state index < -0.39 is 11.6 Å². The summed E-state index contributed by atoms with van der Waals surface area (Å²) in [5.74, 6) is -0.541. The molecule has 4 nitrogen and oxygen atoms in total. The normalized spacial score (nSPS) is 26.9. The zero-order valence-corrected chi connectivity index (χ0v) is 12.4. The molecule has 3 atom stereocenters. The summed E-state index contributed by atoms with van der Waals surface area (Å²) >= 11 is 0. The third-order valence-corrected chi connectivity index (χ3v) is 3.28. The minimum absolute atomic E-state index is 0.00495. The molecule has 1 amide bonds. The number of hydrogen-bond acceptors (Lipinski definition) is 3. The molecule has 4 heteroatoms. The van der Waals surface area contributed by atoms with Crippen molar-refractivity contribution in [3.8, 4) is 0 Å². The Hall–Kier alpha value is -1.32. The number of carbonyl (C=O) groups is 2. The van der Waals surface area contributed by atoms with Crippen LogP contribution in [0, 0.1) is 11.8 Å². The van der Waals surface area contributed by atoms with E-state index in [-0.39, 0.29) is 23.7 Å². The van der Waals surface area contributed by atoms with Crippen molar-refractivity contribution in [3.63, 3.8) is 0 Å². The number of rotatable bonds is 5. The summed E-state index contributed by atoms with van der Waals surface area (Å²) in [4.78, 5) is 24.1. The summed E-state index contributed by atoms with van der Waals surface area (Å²) in [5, 5.41) is 2.78. The Kier molecular flexibility index (Phi) is 5.15. The number of hydrogen-bond donors (Lipinski definition) is 1. The Morgan fingerprint density at radius 2 is 2.11 bits per heavy atom. The SMILES string of the molecule is C=CCC1C(=O)N[C@H](C(=O)OC(C)(C)C)[C@H]1CCC. The lowest BCUT2D eigenvalue weighted by Crippen LogP contribution is -2.41. The maximum Gasteiger partial charge on any atom is 0.329 e. The van der Waals surface area contributed by atoms with Gasteiger partial charge in [0.05, 0.1) is 0 Å². The molecule has 0 spiro atoms. The van der Waals surface area contributed by atoms with Gasteiger partial charge in [-0.15, -0.1) is 6.58 Å². The molecule has 0 aromatic heterocycles. The van der Waals surface area contributed by atoms with Gasteiger partial charge in [-0.25, -0.2) is 4.79 Å². The number of esters is 1. The Labute approximate surface area is 115 Å². The molecule has 1 saturated heterocycles. The van der Waals surface area contributed by atoms with E-state index in [4.69, 9.17) is 4.74 Å². The van der Waals surface area contributed by atoms with Gasteiger partial charge in [-0.05, 0) is 33.6 Å². The third-order valence-electron chi connectivity index (χ3n) is 3.28. The van der Waals surface area contributed by atoms with E-state index in [0.717, 1.165) is 12.8 Å². The highest BCUT2D eigenvalue weighted by molar-refractivity contribution is 5.90. The zero-order valence-electron chi connectivity index (χ0n) is 12.4. The van der Waals surface area contributed by atoms with Crippen LogP contribution in [0.3, 0.4) is 0 Å². The Balaban J connectivity index is 2.84. The first-order chi connectivity index (χ1) is 8.80. The second kappa shape index (κ2) is 6.22. The van der Waals surface area contributed by atoms with E-state index in [2.05, 4.69) is 18.8 Å². The highest BCUT2D eigenvalue weighted by Crippen LogP contribution is 2.32. The summed E-state index contributed by atoms with van der Waals surface area (Å²) in [6, 6.07) is -0.517. The first-order valence-corrected chi connectivity index (χ1v) is 6.94. The van der Waals surface area contributed by atoms with Gasteiger partial charge in [-0.1, -0.05) is 19.4 Å². The van der Waals surface area contributed by atoms with Crippen LogP contribution in [0.25, 0.3) is 0 Å². The van der Waals surface area contributed by atoms with Gasteiger partial charge in [-0.2, -0.15) is 0 Å². The van der Waals surface area contributed by atoms with E-state index in [1.54, 1.807) is 6.08 Å². The first kappa shape index (κ1) is 15.7. The molecular weight excluding hydrogens is 242 g/mol. The smallest absolute Gasteiger partial charge is 0.329 e. The van der Waals surface area contributed by atoms with E-state index in [9.17, 15) is 9.59 Å². The second-order valence-electron chi connectivity index (χ2n) is 6.10. The molecular formula is C15H25NO3. The molecule has 0 aliphatic carbocycles. The van der Waals surface area contributed by atoms with Crippen LogP contribution in [0.1, 0.15) is 47.0 Å². The molecule has 1 N–H and O–H groups in total. The van der Waals surface area contributed by atoms with Crippen molar-refractivity contribution in [1.82, 2.24) is 5.32 Å². The van der Waals surface area contributed by atoms with Gasteiger partial charge in [0.2, 0.25) is 5.91 Å². The van der Waals surface area contributed by atoms with Gasteiger partial charge in [0.15, 0.2) is 0 Å². The monoisotopic (exact) mass is 267 g/mol. The van der Waals surface area contributed by atoms with Crippen LogP contribution in [0.15, 0.2) is 12.7 Å². The minimum Gasteiger partial charge on any atom is -0.458 e. The molecule has 19 heavy (non-hydrogen) atoms. The molecule has 1 aliphatic rings. The number of carbonyl (C=O) groups excluding carboxylic acids is 2. The molecule has 0 aromatic carbocycles. The highest BCUT2D eigenvalue weighted by Gasteiger charge is 2.45. The Morgan fingerprint density at radius 1 is 1.47 bits per heavy atom. The quantitative estimate of drug-likeness (QED) is 0.615. The van der Waals surface area contributed by atoms with Gasteiger partial charge in [-0.3, -0.25) is 4.79 Å².